The Bertz CT molecular complexity index is 399. The summed E-state index contributed by atoms with van der Waals surface area (Å²) in [5.74, 6) is 0.565. The maximum absolute atomic E-state index is 11.8. The van der Waals surface area contributed by atoms with E-state index in [1.807, 2.05) is 0 Å². The normalized spacial score (nSPS) is 22.3. The number of carbonyl (C=O) groups excluding carboxylic acids is 1. The summed E-state index contributed by atoms with van der Waals surface area (Å²) < 4.78 is 0. The number of carbonyl (C=O) groups is 1. The third-order valence-corrected chi connectivity index (χ3v) is 3.51. The van der Waals surface area contributed by atoms with Crippen molar-refractivity contribution in [2.75, 3.05) is 14.2 Å². The monoisotopic (exact) mass is 233 g/mol. The molecule has 0 N–H and O–H groups in total. The zero-order chi connectivity index (χ0) is 12.4. The summed E-state index contributed by atoms with van der Waals surface area (Å²) in [6.45, 7) is 2.14. The fraction of sp³-hybridized carbons (Fsp3) is 0.500. The molecule has 0 aliphatic heterocycles. The number of hydrogen-bond donors (Lipinski definition) is 0. The van der Waals surface area contributed by atoms with Crippen LogP contribution in [0.25, 0.3) is 0 Å². The van der Waals surface area contributed by atoms with Crippen LogP contribution in [0.15, 0.2) is 24.3 Å². The number of amides is 1. The number of hydrogen-bond acceptors (Lipinski definition) is 2. The molecule has 1 amide bonds. The van der Waals surface area contributed by atoms with Gasteiger partial charge in [-0.25, -0.2) is 5.06 Å². The molecule has 1 aromatic rings. The van der Waals surface area contributed by atoms with Crippen molar-refractivity contribution in [1.82, 2.24) is 5.06 Å². The summed E-state index contributed by atoms with van der Waals surface area (Å²) >= 11 is 0. The van der Waals surface area contributed by atoms with Gasteiger partial charge in [0.25, 0.3) is 0 Å². The second-order valence-corrected chi connectivity index (χ2v) is 4.56. The van der Waals surface area contributed by atoms with Crippen molar-refractivity contribution in [2.45, 2.75) is 25.7 Å². The molecule has 0 spiro atoms. The highest BCUT2D eigenvalue weighted by molar-refractivity contribution is 5.81. The molecule has 0 aromatic heterocycles. The molecule has 1 fully saturated rings. The topological polar surface area (TPSA) is 29.5 Å². The number of nitrogens with zero attached hydrogens (tertiary/aromatic N) is 1. The smallest absolute Gasteiger partial charge is 0.249 e. The van der Waals surface area contributed by atoms with Gasteiger partial charge in [0.15, 0.2) is 0 Å². The summed E-state index contributed by atoms with van der Waals surface area (Å²) in [5, 5.41) is 1.32. The maximum atomic E-state index is 11.8. The first-order valence-corrected chi connectivity index (χ1v) is 6.07. The van der Waals surface area contributed by atoms with Gasteiger partial charge in [-0.15, -0.1) is 0 Å². The first kappa shape index (κ1) is 12.1. The molecule has 17 heavy (non-hydrogen) atoms. The highest BCUT2D eigenvalue weighted by atomic mass is 16.7. The predicted octanol–water partition coefficient (Wildman–Crippen LogP) is 2.37. The van der Waals surface area contributed by atoms with Crippen LogP contribution in [0, 0.1) is 5.92 Å². The lowest BCUT2D eigenvalue weighted by molar-refractivity contribution is -0.170. The maximum Gasteiger partial charge on any atom is 0.249 e. The lowest BCUT2D eigenvalue weighted by Gasteiger charge is -2.13. The first-order chi connectivity index (χ1) is 8.17. The Morgan fingerprint density at radius 3 is 2.59 bits per heavy atom. The van der Waals surface area contributed by atoms with Crippen LogP contribution in [0.2, 0.25) is 0 Å². The molecule has 0 saturated heterocycles. The van der Waals surface area contributed by atoms with Crippen LogP contribution in [-0.4, -0.2) is 25.1 Å². The van der Waals surface area contributed by atoms with Gasteiger partial charge in [-0.3, -0.25) is 9.63 Å². The van der Waals surface area contributed by atoms with Gasteiger partial charge in [-0.2, -0.15) is 0 Å². The van der Waals surface area contributed by atoms with E-state index in [-0.39, 0.29) is 11.8 Å². The Kier molecular flexibility index (Phi) is 3.48. The Labute approximate surface area is 102 Å². The molecular weight excluding hydrogens is 214 g/mol. The molecule has 1 saturated carbocycles. The van der Waals surface area contributed by atoms with Crippen molar-refractivity contribution in [2.24, 2.45) is 5.92 Å². The fourth-order valence-corrected chi connectivity index (χ4v) is 2.16. The quantitative estimate of drug-likeness (QED) is 0.747. The lowest BCUT2D eigenvalue weighted by atomic mass is 10.1. The zero-order valence-corrected chi connectivity index (χ0v) is 10.6. The largest absolute Gasteiger partial charge is 0.275 e. The summed E-state index contributed by atoms with van der Waals surface area (Å²) in [5.41, 5.74) is 2.61. The van der Waals surface area contributed by atoms with Crippen molar-refractivity contribution < 1.29 is 9.63 Å². The van der Waals surface area contributed by atoms with E-state index in [2.05, 4.69) is 31.2 Å². The van der Waals surface area contributed by atoms with Crippen LogP contribution in [-0.2, 0) is 16.1 Å². The highest BCUT2D eigenvalue weighted by Crippen LogP contribution is 2.48. The van der Waals surface area contributed by atoms with Crippen LogP contribution in [0.1, 0.15) is 30.4 Å². The van der Waals surface area contributed by atoms with E-state index < -0.39 is 0 Å². The molecule has 1 aliphatic carbocycles. The van der Waals surface area contributed by atoms with Crippen LogP contribution in [0.4, 0.5) is 0 Å². The average molecular weight is 233 g/mol. The predicted molar refractivity (Wildman–Crippen MR) is 66.4 cm³/mol. The summed E-state index contributed by atoms with van der Waals surface area (Å²) in [6, 6.07) is 8.58. The highest BCUT2D eigenvalue weighted by Gasteiger charge is 2.45. The van der Waals surface area contributed by atoms with Gasteiger partial charge in [0.1, 0.15) is 0 Å². The van der Waals surface area contributed by atoms with Gasteiger partial charge in [0.2, 0.25) is 5.91 Å². The van der Waals surface area contributed by atoms with Gasteiger partial charge in [-0.05, 0) is 29.9 Å². The van der Waals surface area contributed by atoms with Crippen molar-refractivity contribution in [3.63, 3.8) is 0 Å². The van der Waals surface area contributed by atoms with Crippen LogP contribution < -0.4 is 0 Å². The molecule has 0 radical (unpaired) electrons. The average Bonchev–Trinajstić information content (AvgIpc) is 3.17. The Hall–Kier alpha value is -1.35. The number of hydroxylamine groups is 2. The van der Waals surface area contributed by atoms with Crippen LogP contribution in [0.3, 0.4) is 0 Å². The fourth-order valence-electron chi connectivity index (χ4n) is 2.16. The van der Waals surface area contributed by atoms with Crippen molar-refractivity contribution >= 4 is 5.91 Å². The van der Waals surface area contributed by atoms with E-state index in [0.29, 0.717) is 5.92 Å². The van der Waals surface area contributed by atoms with E-state index in [0.717, 1.165) is 12.8 Å². The van der Waals surface area contributed by atoms with E-state index >= 15 is 0 Å². The minimum atomic E-state index is 0.0806. The van der Waals surface area contributed by atoms with Crippen molar-refractivity contribution in [3.05, 3.63) is 35.4 Å². The van der Waals surface area contributed by atoms with E-state index in [4.69, 9.17) is 4.84 Å². The van der Waals surface area contributed by atoms with Crippen molar-refractivity contribution in [3.8, 4) is 0 Å². The number of benzene rings is 1. The number of aryl methyl sites for hydroxylation is 1. The Balaban J connectivity index is 2.00. The second kappa shape index (κ2) is 4.88. The molecule has 2 atom stereocenters. The van der Waals surface area contributed by atoms with Gasteiger partial charge in [-0.1, -0.05) is 31.2 Å². The minimum Gasteiger partial charge on any atom is -0.275 e. The molecule has 92 valence electrons. The third-order valence-electron chi connectivity index (χ3n) is 3.51. The molecule has 1 aliphatic rings. The molecule has 3 nitrogen and oxygen atoms in total. The Morgan fingerprint density at radius 2 is 2.06 bits per heavy atom. The molecule has 3 heteroatoms. The number of rotatable bonds is 4. The van der Waals surface area contributed by atoms with Crippen molar-refractivity contribution in [1.29, 1.82) is 0 Å². The van der Waals surface area contributed by atoms with Crippen LogP contribution in [0.5, 0.6) is 0 Å². The summed E-state index contributed by atoms with van der Waals surface area (Å²) in [7, 11) is 3.18. The second-order valence-electron chi connectivity index (χ2n) is 4.56. The minimum absolute atomic E-state index is 0.0806. The Morgan fingerprint density at radius 1 is 1.41 bits per heavy atom. The standard InChI is InChI=1S/C14H19NO2/c1-4-10-5-7-11(8-6-10)12-9-13(12)14(16)15(2)17-3/h5-8,12-13H,4,9H2,1-3H3. The molecule has 1 aromatic carbocycles. The molecule has 2 rings (SSSR count). The molecule has 0 heterocycles. The lowest BCUT2D eigenvalue weighted by Crippen LogP contribution is -2.27. The molecular formula is C14H19NO2. The SMILES string of the molecule is CCc1ccc(C2CC2C(=O)N(C)OC)cc1. The summed E-state index contributed by atoms with van der Waals surface area (Å²) in [6.07, 6.45) is 2.00. The van der Waals surface area contributed by atoms with E-state index in [1.54, 1.807) is 7.05 Å². The van der Waals surface area contributed by atoms with E-state index in [1.165, 1.54) is 23.3 Å². The molecule has 0 bridgehead atoms. The van der Waals surface area contributed by atoms with Gasteiger partial charge in [0, 0.05) is 13.0 Å². The van der Waals surface area contributed by atoms with Gasteiger partial charge < -0.3 is 0 Å². The van der Waals surface area contributed by atoms with Gasteiger partial charge in [0.05, 0.1) is 7.11 Å². The van der Waals surface area contributed by atoms with Gasteiger partial charge >= 0.3 is 0 Å². The third kappa shape index (κ3) is 2.50. The molecule has 2 unspecified atom stereocenters. The zero-order valence-electron chi connectivity index (χ0n) is 10.6. The van der Waals surface area contributed by atoms with E-state index in [9.17, 15) is 4.79 Å². The summed E-state index contributed by atoms with van der Waals surface area (Å²) in [4.78, 5) is 16.8. The first-order valence-electron chi connectivity index (χ1n) is 6.07. The van der Waals surface area contributed by atoms with Crippen LogP contribution >= 0.6 is 0 Å².